The van der Waals surface area contributed by atoms with E-state index in [0.29, 0.717) is 5.92 Å². The van der Waals surface area contributed by atoms with Gasteiger partial charge in [-0.1, -0.05) is 46.0 Å². The summed E-state index contributed by atoms with van der Waals surface area (Å²) >= 11 is 0. The van der Waals surface area contributed by atoms with Crippen LogP contribution in [-0.4, -0.2) is 14.7 Å². The lowest BCUT2D eigenvalue weighted by Crippen LogP contribution is -2.27. The van der Waals surface area contributed by atoms with Crippen LogP contribution in [0.1, 0.15) is 73.1 Å². The molecule has 0 spiro atoms. The summed E-state index contributed by atoms with van der Waals surface area (Å²) < 4.78 is 12.0. The van der Waals surface area contributed by atoms with Gasteiger partial charge in [-0.15, -0.1) is 0 Å². The van der Waals surface area contributed by atoms with Crippen molar-refractivity contribution < 1.29 is 4.21 Å². The minimum atomic E-state index is -0.680. The zero-order valence-electron chi connectivity index (χ0n) is 13.0. The van der Waals surface area contributed by atoms with E-state index in [9.17, 15) is 4.21 Å². The minimum Gasteiger partial charge on any atom is -0.259 e. The molecule has 18 heavy (non-hydrogen) atoms. The van der Waals surface area contributed by atoms with Crippen LogP contribution in [0.5, 0.6) is 0 Å². The van der Waals surface area contributed by atoms with Gasteiger partial charge in [0.25, 0.3) is 0 Å². The molecule has 0 aromatic carbocycles. The van der Waals surface area contributed by atoms with Crippen molar-refractivity contribution in [2.45, 2.75) is 77.9 Å². The second-order valence-electron chi connectivity index (χ2n) is 7.43. The summed E-state index contributed by atoms with van der Waals surface area (Å²) in [6.07, 6.45) is 8.32. The summed E-state index contributed by atoms with van der Waals surface area (Å²) in [5.74, 6) is 3.40. The van der Waals surface area contributed by atoms with Crippen molar-refractivity contribution in [3.63, 3.8) is 0 Å². The molecule has 0 saturated heterocycles. The SMILES string of the molecule is CC1CCC(CC[C@H](C)C[S@](=O)C(C)(C)C)CC1. The lowest BCUT2D eigenvalue weighted by atomic mass is 9.80. The monoisotopic (exact) mass is 272 g/mol. The fourth-order valence-electron chi connectivity index (χ4n) is 2.73. The lowest BCUT2D eigenvalue weighted by Gasteiger charge is -2.27. The second-order valence-corrected chi connectivity index (χ2v) is 9.68. The van der Waals surface area contributed by atoms with Gasteiger partial charge < -0.3 is 0 Å². The van der Waals surface area contributed by atoms with E-state index < -0.39 is 10.8 Å². The highest BCUT2D eigenvalue weighted by molar-refractivity contribution is 7.86. The van der Waals surface area contributed by atoms with E-state index >= 15 is 0 Å². The van der Waals surface area contributed by atoms with E-state index in [2.05, 4.69) is 34.6 Å². The Morgan fingerprint density at radius 3 is 2.22 bits per heavy atom. The molecular weight excluding hydrogens is 240 g/mol. The number of hydrogen-bond acceptors (Lipinski definition) is 1. The van der Waals surface area contributed by atoms with Gasteiger partial charge in [-0.25, -0.2) is 0 Å². The zero-order valence-corrected chi connectivity index (χ0v) is 13.8. The fraction of sp³-hybridized carbons (Fsp3) is 1.00. The summed E-state index contributed by atoms with van der Waals surface area (Å²) in [5.41, 5.74) is 0. The largest absolute Gasteiger partial charge is 0.259 e. The van der Waals surface area contributed by atoms with Crippen LogP contribution >= 0.6 is 0 Å². The molecule has 0 aromatic rings. The first kappa shape index (κ1) is 16.2. The smallest absolute Gasteiger partial charge is 0.0375 e. The van der Waals surface area contributed by atoms with E-state index in [4.69, 9.17) is 0 Å². The summed E-state index contributed by atoms with van der Waals surface area (Å²) in [4.78, 5) is 0. The van der Waals surface area contributed by atoms with E-state index in [-0.39, 0.29) is 4.75 Å². The molecule has 0 bridgehead atoms. The Hall–Kier alpha value is 0.150. The van der Waals surface area contributed by atoms with E-state index in [1.54, 1.807) is 0 Å². The van der Waals surface area contributed by atoms with Crippen LogP contribution < -0.4 is 0 Å². The normalized spacial score (nSPS) is 28.9. The maximum atomic E-state index is 12.1. The average Bonchev–Trinajstić information content (AvgIpc) is 2.27. The summed E-state index contributed by atoms with van der Waals surface area (Å²) in [6.45, 7) is 10.9. The molecule has 0 aliphatic heterocycles. The second kappa shape index (κ2) is 7.07. The fourth-order valence-corrected chi connectivity index (χ4v) is 3.91. The third kappa shape index (κ3) is 5.86. The molecule has 1 fully saturated rings. The minimum absolute atomic E-state index is 0.0471. The summed E-state index contributed by atoms with van der Waals surface area (Å²) in [6, 6.07) is 0. The molecular formula is C16H32OS. The molecule has 1 rings (SSSR count). The maximum absolute atomic E-state index is 12.1. The van der Waals surface area contributed by atoms with E-state index in [0.717, 1.165) is 17.6 Å². The summed E-state index contributed by atoms with van der Waals surface area (Å²) in [5, 5.41) is 0. The Labute approximate surface area is 117 Å². The predicted molar refractivity (Wildman–Crippen MR) is 82.3 cm³/mol. The van der Waals surface area contributed by atoms with E-state index in [1.807, 2.05) is 0 Å². The molecule has 2 heteroatoms. The molecule has 0 radical (unpaired) electrons. The highest BCUT2D eigenvalue weighted by Crippen LogP contribution is 2.32. The number of hydrogen-bond donors (Lipinski definition) is 0. The molecule has 1 nitrogen and oxygen atoms in total. The molecule has 2 atom stereocenters. The highest BCUT2D eigenvalue weighted by atomic mass is 32.2. The maximum Gasteiger partial charge on any atom is 0.0375 e. The van der Waals surface area contributed by atoms with Crippen molar-refractivity contribution >= 4 is 10.8 Å². The van der Waals surface area contributed by atoms with Gasteiger partial charge in [-0.2, -0.15) is 0 Å². The molecule has 1 aliphatic rings. The Balaban J connectivity index is 2.21. The predicted octanol–water partition coefficient (Wildman–Crippen LogP) is 4.78. The van der Waals surface area contributed by atoms with Gasteiger partial charge in [-0.05, 0) is 44.9 Å². The first-order valence-corrected chi connectivity index (χ1v) is 8.99. The first-order valence-electron chi connectivity index (χ1n) is 7.67. The van der Waals surface area contributed by atoms with Gasteiger partial charge in [0.2, 0.25) is 0 Å². The molecule has 0 heterocycles. The van der Waals surface area contributed by atoms with Crippen LogP contribution in [0.15, 0.2) is 0 Å². The quantitative estimate of drug-likeness (QED) is 0.704. The molecule has 0 unspecified atom stereocenters. The molecule has 0 aromatic heterocycles. The van der Waals surface area contributed by atoms with Crippen molar-refractivity contribution in [3.05, 3.63) is 0 Å². The lowest BCUT2D eigenvalue weighted by molar-refractivity contribution is 0.265. The van der Waals surface area contributed by atoms with Gasteiger partial charge in [0.05, 0.1) is 0 Å². The van der Waals surface area contributed by atoms with Crippen LogP contribution in [0.3, 0.4) is 0 Å². The number of rotatable bonds is 5. The third-order valence-corrected chi connectivity index (χ3v) is 6.56. The van der Waals surface area contributed by atoms with Crippen molar-refractivity contribution in [3.8, 4) is 0 Å². The Kier molecular flexibility index (Phi) is 6.37. The van der Waals surface area contributed by atoms with Crippen LogP contribution in [-0.2, 0) is 10.8 Å². The molecule has 1 saturated carbocycles. The zero-order chi connectivity index (χ0) is 13.8. The highest BCUT2D eigenvalue weighted by Gasteiger charge is 2.23. The van der Waals surface area contributed by atoms with Gasteiger partial charge in [0.15, 0.2) is 0 Å². The van der Waals surface area contributed by atoms with Crippen molar-refractivity contribution in [2.75, 3.05) is 5.75 Å². The van der Waals surface area contributed by atoms with Crippen molar-refractivity contribution in [2.24, 2.45) is 17.8 Å². The van der Waals surface area contributed by atoms with Crippen molar-refractivity contribution in [1.82, 2.24) is 0 Å². The average molecular weight is 272 g/mol. The van der Waals surface area contributed by atoms with Crippen LogP contribution in [0.2, 0.25) is 0 Å². The van der Waals surface area contributed by atoms with Gasteiger partial charge in [-0.3, -0.25) is 4.21 Å². The molecule has 0 amide bonds. The van der Waals surface area contributed by atoms with Gasteiger partial charge in [0.1, 0.15) is 0 Å². The van der Waals surface area contributed by atoms with Crippen LogP contribution in [0.4, 0.5) is 0 Å². The Morgan fingerprint density at radius 2 is 1.72 bits per heavy atom. The Morgan fingerprint density at radius 1 is 1.17 bits per heavy atom. The molecule has 1 aliphatic carbocycles. The van der Waals surface area contributed by atoms with Crippen LogP contribution in [0.25, 0.3) is 0 Å². The first-order chi connectivity index (χ1) is 8.29. The topological polar surface area (TPSA) is 17.1 Å². The van der Waals surface area contributed by atoms with E-state index in [1.165, 1.54) is 38.5 Å². The van der Waals surface area contributed by atoms with Gasteiger partial charge in [0, 0.05) is 21.3 Å². The molecule has 108 valence electrons. The third-order valence-electron chi connectivity index (χ3n) is 4.32. The van der Waals surface area contributed by atoms with Gasteiger partial charge >= 0.3 is 0 Å². The summed E-state index contributed by atoms with van der Waals surface area (Å²) in [7, 11) is -0.680. The van der Waals surface area contributed by atoms with Crippen molar-refractivity contribution in [1.29, 1.82) is 0 Å². The Bertz CT molecular complexity index is 259. The standard InChI is InChI=1S/C16H32OS/c1-13-6-9-15(10-7-13)11-8-14(2)12-18(17)16(3,4)5/h13-15H,6-12H2,1-5H3/t13?,14-,15?,18-/m0/s1. The van der Waals surface area contributed by atoms with Crippen LogP contribution in [0, 0.1) is 17.8 Å². The molecule has 0 N–H and O–H groups in total.